The molecule has 130 valence electrons. The van der Waals surface area contributed by atoms with E-state index < -0.39 is 0 Å². The maximum atomic E-state index is 6.17. The number of hydrogen-bond donors (Lipinski definition) is 1. The number of halogens is 1. The molecule has 0 aliphatic heterocycles. The molecule has 3 aromatic rings. The van der Waals surface area contributed by atoms with Crippen LogP contribution in [0.1, 0.15) is 30.7 Å². The smallest absolute Gasteiger partial charge is 0.225 e. The third-order valence-corrected chi connectivity index (χ3v) is 5.87. The molecule has 6 heteroatoms. The van der Waals surface area contributed by atoms with Crippen LogP contribution in [0.3, 0.4) is 0 Å². The molecular weight excluding hydrogens is 354 g/mol. The van der Waals surface area contributed by atoms with E-state index in [0.29, 0.717) is 6.61 Å². The minimum absolute atomic E-state index is 0.285. The van der Waals surface area contributed by atoms with Gasteiger partial charge in [-0.1, -0.05) is 6.92 Å². The zero-order valence-electron chi connectivity index (χ0n) is 14.3. The lowest BCUT2D eigenvalue weighted by atomic mass is 9.89. The highest BCUT2D eigenvalue weighted by Gasteiger charge is 2.23. The fourth-order valence-corrected chi connectivity index (χ4v) is 4.95. The van der Waals surface area contributed by atoms with Gasteiger partial charge in [-0.15, -0.1) is 11.3 Å². The number of anilines is 2. The molecule has 0 bridgehead atoms. The van der Waals surface area contributed by atoms with E-state index in [-0.39, 0.29) is 5.28 Å². The number of nitrogens with one attached hydrogen (secondary N) is 1. The minimum atomic E-state index is 0.285. The number of aryl methyl sites for hydroxylation is 1. The standard InChI is InChI=1S/C19H20ClN3OS/c1-3-24-13-7-5-12(6-8-13)21-17-16-14-9-4-11(2)10-15(14)25-18(16)23-19(20)22-17/h5-8,11H,3-4,9-10H2,1-2H3,(H,21,22,23). The molecule has 0 saturated carbocycles. The van der Waals surface area contributed by atoms with Gasteiger partial charge in [-0.25, -0.2) is 4.98 Å². The predicted molar refractivity (Wildman–Crippen MR) is 105 cm³/mol. The lowest BCUT2D eigenvalue weighted by Crippen LogP contribution is -2.09. The Morgan fingerprint density at radius 2 is 2.08 bits per heavy atom. The van der Waals surface area contributed by atoms with Crippen LogP contribution >= 0.6 is 22.9 Å². The Balaban J connectivity index is 1.73. The average molecular weight is 374 g/mol. The van der Waals surface area contributed by atoms with Crippen LogP contribution in [-0.2, 0) is 12.8 Å². The van der Waals surface area contributed by atoms with E-state index in [1.807, 2.05) is 31.2 Å². The van der Waals surface area contributed by atoms with Crippen molar-refractivity contribution < 1.29 is 4.74 Å². The van der Waals surface area contributed by atoms with Crippen molar-refractivity contribution in [2.24, 2.45) is 5.92 Å². The zero-order chi connectivity index (χ0) is 17.4. The van der Waals surface area contributed by atoms with Crippen molar-refractivity contribution in [3.63, 3.8) is 0 Å². The van der Waals surface area contributed by atoms with Gasteiger partial charge in [0.05, 0.1) is 12.0 Å². The molecule has 1 aliphatic carbocycles. The molecule has 1 unspecified atom stereocenters. The molecule has 4 rings (SSSR count). The molecule has 1 atom stereocenters. The number of nitrogens with zero attached hydrogens (tertiary/aromatic N) is 2. The van der Waals surface area contributed by atoms with Gasteiger partial charge in [-0.05, 0) is 73.5 Å². The Bertz CT molecular complexity index is 907. The fraction of sp³-hybridized carbons (Fsp3) is 0.368. The monoisotopic (exact) mass is 373 g/mol. The topological polar surface area (TPSA) is 47.0 Å². The molecule has 0 saturated heterocycles. The Hall–Kier alpha value is -1.85. The summed E-state index contributed by atoms with van der Waals surface area (Å²) in [6, 6.07) is 7.90. The molecule has 2 aromatic heterocycles. The van der Waals surface area contributed by atoms with Gasteiger partial charge in [0.15, 0.2) is 0 Å². The first kappa shape index (κ1) is 16.6. The molecular formula is C19H20ClN3OS. The summed E-state index contributed by atoms with van der Waals surface area (Å²) in [6.07, 6.45) is 3.42. The largest absolute Gasteiger partial charge is 0.494 e. The molecule has 1 aliphatic rings. The summed E-state index contributed by atoms with van der Waals surface area (Å²) in [5, 5.41) is 4.83. The van der Waals surface area contributed by atoms with Gasteiger partial charge in [-0.2, -0.15) is 4.98 Å². The predicted octanol–water partition coefficient (Wildman–Crippen LogP) is 5.61. The second-order valence-corrected chi connectivity index (χ2v) is 7.88. The van der Waals surface area contributed by atoms with Crippen LogP contribution in [0.5, 0.6) is 5.75 Å². The van der Waals surface area contributed by atoms with Crippen LogP contribution in [-0.4, -0.2) is 16.6 Å². The maximum absolute atomic E-state index is 6.17. The third-order valence-electron chi connectivity index (χ3n) is 4.56. The SMILES string of the molecule is CCOc1ccc(Nc2nc(Cl)nc3sc4c(c23)CCC(C)C4)cc1. The van der Waals surface area contributed by atoms with Crippen LogP contribution in [0.4, 0.5) is 11.5 Å². The first-order valence-corrected chi connectivity index (χ1v) is 9.81. The molecule has 1 aromatic carbocycles. The molecule has 0 fully saturated rings. The molecule has 0 amide bonds. The summed E-state index contributed by atoms with van der Waals surface area (Å²) in [5.74, 6) is 2.39. The number of fused-ring (bicyclic) bond motifs is 3. The number of thiophene rings is 1. The Kier molecular flexibility index (Phi) is 4.52. The van der Waals surface area contributed by atoms with E-state index in [9.17, 15) is 0 Å². The summed E-state index contributed by atoms with van der Waals surface area (Å²) in [4.78, 5) is 11.3. The van der Waals surface area contributed by atoms with Crippen molar-refractivity contribution in [1.82, 2.24) is 9.97 Å². The number of ether oxygens (including phenoxy) is 1. The number of rotatable bonds is 4. The zero-order valence-corrected chi connectivity index (χ0v) is 15.9. The first-order valence-electron chi connectivity index (χ1n) is 8.61. The van der Waals surface area contributed by atoms with E-state index in [0.717, 1.165) is 46.2 Å². The van der Waals surface area contributed by atoms with E-state index in [4.69, 9.17) is 16.3 Å². The Morgan fingerprint density at radius 1 is 1.28 bits per heavy atom. The van der Waals surface area contributed by atoms with Gasteiger partial charge in [0.1, 0.15) is 16.4 Å². The van der Waals surface area contributed by atoms with Crippen molar-refractivity contribution in [1.29, 1.82) is 0 Å². The Labute approximate surface area is 156 Å². The van der Waals surface area contributed by atoms with Crippen LogP contribution < -0.4 is 10.1 Å². The summed E-state index contributed by atoms with van der Waals surface area (Å²) < 4.78 is 5.50. The lowest BCUT2D eigenvalue weighted by Gasteiger charge is -2.18. The molecule has 4 nitrogen and oxygen atoms in total. The van der Waals surface area contributed by atoms with Crippen molar-refractivity contribution >= 4 is 44.7 Å². The van der Waals surface area contributed by atoms with Gasteiger partial charge >= 0.3 is 0 Å². The highest BCUT2D eigenvalue weighted by molar-refractivity contribution is 7.19. The van der Waals surface area contributed by atoms with E-state index in [1.165, 1.54) is 16.9 Å². The normalized spacial score (nSPS) is 16.7. The molecule has 1 N–H and O–H groups in total. The number of hydrogen-bond acceptors (Lipinski definition) is 5. The van der Waals surface area contributed by atoms with Gasteiger partial charge in [0, 0.05) is 10.6 Å². The van der Waals surface area contributed by atoms with Crippen molar-refractivity contribution in [2.45, 2.75) is 33.1 Å². The lowest BCUT2D eigenvalue weighted by molar-refractivity contribution is 0.340. The maximum Gasteiger partial charge on any atom is 0.225 e. The van der Waals surface area contributed by atoms with Crippen molar-refractivity contribution in [3.05, 3.63) is 40.0 Å². The van der Waals surface area contributed by atoms with Crippen molar-refractivity contribution in [3.8, 4) is 5.75 Å². The summed E-state index contributed by atoms with van der Waals surface area (Å²) in [6.45, 7) is 4.95. The highest BCUT2D eigenvalue weighted by atomic mass is 35.5. The van der Waals surface area contributed by atoms with Crippen molar-refractivity contribution in [2.75, 3.05) is 11.9 Å². The minimum Gasteiger partial charge on any atom is -0.494 e. The van der Waals surface area contributed by atoms with Crippen LogP contribution in [0, 0.1) is 5.92 Å². The third kappa shape index (κ3) is 3.31. The number of aromatic nitrogens is 2. The van der Waals surface area contributed by atoms with Gasteiger partial charge < -0.3 is 10.1 Å². The molecule has 2 heterocycles. The van der Waals surface area contributed by atoms with Crippen LogP contribution in [0.25, 0.3) is 10.2 Å². The van der Waals surface area contributed by atoms with Gasteiger partial charge in [0.2, 0.25) is 5.28 Å². The first-order chi connectivity index (χ1) is 12.1. The van der Waals surface area contributed by atoms with E-state index in [1.54, 1.807) is 11.3 Å². The second kappa shape index (κ2) is 6.81. The molecule has 25 heavy (non-hydrogen) atoms. The highest BCUT2D eigenvalue weighted by Crippen LogP contribution is 2.41. The summed E-state index contributed by atoms with van der Waals surface area (Å²) in [5.41, 5.74) is 2.35. The molecule has 0 spiro atoms. The average Bonchev–Trinajstić information content (AvgIpc) is 2.93. The fourth-order valence-electron chi connectivity index (χ4n) is 3.34. The Morgan fingerprint density at radius 3 is 2.84 bits per heavy atom. The van der Waals surface area contributed by atoms with Gasteiger partial charge in [0.25, 0.3) is 0 Å². The van der Waals surface area contributed by atoms with E-state index in [2.05, 4.69) is 22.2 Å². The van der Waals surface area contributed by atoms with Gasteiger partial charge in [-0.3, -0.25) is 0 Å². The summed E-state index contributed by atoms with van der Waals surface area (Å²) >= 11 is 7.93. The van der Waals surface area contributed by atoms with Crippen LogP contribution in [0.15, 0.2) is 24.3 Å². The number of benzene rings is 1. The second-order valence-electron chi connectivity index (χ2n) is 6.46. The quantitative estimate of drug-likeness (QED) is 0.603. The molecule has 0 radical (unpaired) electrons. The summed E-state index contributed by atoms with van der Waals surface area (Å²) in [7, 11) is 0. The van der Waals surface area contributed by atoms with Crippen LogP contribution in [0.2, 0.25) is 5.28 Å². The van der Waals surface area contributed by atoms with E-state index >= 15 is 0 Å².